The number of nitrogens with one attached hydrogen (secondary N) is 2. The smallest absolute Gasteiger partial charge is 0.258 e. The molecule has 2 heterocycles. The number of carbonyl (C=O) groups is 1. The van der Waals surface area contributed by atoms with Gasteiger partial charge in [-0.3, -0.25) is 4.79 Å². The maximum Gasteiger partial charge on any atom is 0.258 e. The quantitative estimate of drug-likeness (QED) is 0.737. The van der Waals surface area contributed by atoms with Crippen LogP contribution in [-0.2, 0) is 0 Å². The van der Waals surface area contributed by atoms with Crippen molar-refractivity contribution in [3.63, 3.8) is 0 Å². The largest absolute Gasteiger partial charge is 0.393 e. The van der Waals surface area contributed by atoms with Crippen LogP contribution in [0, 0.1) is 16.0 Å². The van der Waals surface area contributed by atoms with Crippen LogP contribution < -0.4 is 10.2 Å². The number of nitriles is 1. The molecule has 0 unspecified atom stereocenters. The molecule has 0 bridgehead atoms. The van der Waals surface area contributed by atoms with Crippen molar-refractivity contribution in [2.75, 3.05) is 23.3 Å². The number of carbonyl (C=O) groups excluding carboxylic acids is 1. The summed E-state index contributed by atoms with van der Waals surface area (Å²) in [5.41, 5.74) is 2.24. The Balaban J connectivity index is 1.80. The number of hydrogen-bond acceptors (Lipinski definition) is 5. The number of pyridine rings is 1. The number of aliphatic hydroxyl groups excluding tert-OH is 1. The molecule has 25 heavy (non-hydrogen) atoms. The summed E-state index contributed by atoms with van der Waals surface area (Å²) in [5.74, 6) is -0.320. The first-order valence-electron chi connectivity index (χ1n) is 8.04. The Bertz CT molecular complexity index is 879. The van der Waals surface area contributed by atoms with Gasteiger partial charge in [-0.2, -0.15) is 5.26 Å². The van der Waals surface area contributed by atoms with E-state index >= 15 is 0 Å². The Hall–Kier alpha value is -2.69. The normalized spacial score (nSPS) is 14.8. The summed E-state index contributed by atoms with van der Waals surface area (Å²) in [6.45, 7) is 1.42. The van der Waals surface area contributed by atoms with Gasteiger partial charge in [0.15, 0.2) is 0 Å². The topological polar surface area (TPSA) is 92.2 Å². The number of aliphatic hydroxyl groups is 1. The fraction of sp³-hybridized carbons (Fsp3) is 0.278. The van der Waals surface area contributed by atoms with E-state index in [1.807, 2.05) is 6.07 Å². The van der Waals surface area contributed by atoms with Crippen molar-refractivity contribution in [1.82, 2.24) is 4.98 Å². The zero-order chi connectivity index (χ0) is 17.8. The van der Waals surface area contributed by atoms with E-state index in [9.17, 15) is 15.2 Å². The lowest BCUT2D eigenvalue weighted by Crippen LogP contribution is -2.36. The number of benzene rings is 1. The molecular formula is C18H18N4O2S. The zero-order valence-corrected chi connectivity index (χ0v) is 14.3. The second-order valence-corrected chi connectivity index (χ2v) is 6.34. The minimum atomic E-state index is -0.320. The third-order valence-corrected chi connectivity index (χ3v) is 4.58. The first-order valence-corrected chi connectivity index (χ1v) is 8.45. The minimum absolute atomic E-state index is 0.268. The van der Waals surface area contributed by atoms with Crippen LogP contribution in [0.4, 0.5) is 11.4 Å². The molecule has 6 nitrogen and oxygen atoms in total. The second-order valence-electron chi connectivity index (χ2n) is 5.93. The van der Waals surface area contributed by atoms with E-state index in [0.29, 0.717) is 47.4 Å². The molecule has 0 spiro atoms. The molecule has 2 aromatic rings. The summed E-state index contributed by atoms with van der Waals surface area (Å²) in [6.07, 6.45) is 2.78. The lowest BCUT2D eigenvalue weighted by atomic mass is 10.0. The van der Waals surface area contributed by atoms with Crippen LogP contribution in [0.25, 0.3) is 0 Å². The van der Waals surface area contributed by atoms with Crippen LogP contribution in [0.2, 0.25) is 0 Å². The highest BCUT2D eigenvalue weighted by molar-refractivity contribution is 7.71. The van der Waals surface area contributed by atoms with Crippen LogP contribution in [0.15, 0.2) is 36.5 Å². The molecule has 3 N–H and O–H groups in total. The van der Waals surface area contributed by atoms with Gasteiger partial charge in [-0.05, 0) is 43.2 Å². The number of hydrogen-bond donors (Lipinski definition) is 3. The van der Waals surface area contributed by atoms with Gasteiger partial charge in [0.25, 0.3) is 5.91 Å². The molecule has 0 aliphatic carbocycles. The fourth-order valence-electron chi connectivity index (χ4n) is 2.88. The molecule has 128 valence electrons. The van der Waals surface area contributed by atoms with Crippen molar-refractivity contribution in [2.24, 2.45) is 0 Å². The van der Waals surface area contributed by atoms with Crippen molar-refractivity contribution in [2.45, 2.75) is 18.9 Å². The Morgan fingerprint density at radius 2 is 2.12 bits per heavy atom. The Kier molecular flexibility index (Phi) is 5.12. The predicted molar refractivity (Wildman–Crippen MR) is 98.2 cm³/mol. The Morgan fingerprint density at radius 1 is 1.36 bits per heavy atom. The van der Waals surface area contributed by atoms with Crippen LogP contribution in [0.3, 0.4) is 0 Å². The zero-order valence-electron chi connectivity index (χ0n) is 13.5. The van der Waals surface area contributed by atoms with Gasteiger partial charge in [0.2, 0.25) is 0 Å². The van der Waals surface area contributed by atoms with E-state index in [1.54, 1.807) is 30.5 Å². The van der Waals surface area contributed by atoms with E-state index in [1.165, 1.54) is 0 Å². The van der Waals surface area contributed by atoms with Crippen molar-refractivity contribution in [1.29, 1.82) is 5.26 Å². The van der Waals surface area contributed by atoms with Crippen molar-refractivity contribution >= 4 is 29.5 Å². The standard InChI is InChI=1S/C18H18N4O2S/c19-11-12-10-13(21-17(24)15-2-1-7-20-18(15)25)3-4-16(12)22-8-5-14(23)6-9-22/h1-4,7,10,14,23H,5-6,8-9H2,(H,20,25)(H,21,24). The third-order valence-electron chi connectivity index (χ3n) is 4.24. The Labute approximate surface area is 150 Å². The number of H-pyrrole nitrogens is 1. The van der Waals surface area contributed by atoms with Gasteiger partial charge in [0.05, 0.1) is 22.9 Å². The molecule has 0 saturated carbocycles. The van der Waals surface area contributed by atoms with Crippen LogP contribution in [-0.4, -0.2) is 35.2 Å². The van der Waals surface area contributed by atoms with Gasteiger partial charge in [-0.1, -0.05) is 12.2 Å². The first-order chi connectivity index (χ1) is 12.1. The highest BCUT2D eigenvalue weighted by Gasteiger charge is 2.20. The summed E-state index contributed by atoms with van der Waals surface area (Å²) >= 11 is 5.11. The maximum atomic E-state index is 12.3. The van der Waals surface area contributed by atoms with Gasteiger partial charge < -0.3 is 20.3 Å². The highest BCUT2D eigenvalue weighted by atomic mass is 32.1. The molecule has 1 aliphatic heterocycles. The summed E-state index contributed by atoms with van der Waals surface area (Å²) in [4.78, 5) is 17.2. The molecule has 1 amide bonds. The predicted octanol–water partition coefficient (Wildman–Crippen LogP) is 2.83. The molecular weight excluding hydrogens is 336 g/mol. The monoisotopic (exact) mass is 354 g/mol. The van der Waals surface area contributed by atoms with E-state index in [2.05, 4.69) is 21.3 Å². The van der Waals surface area contributed by atoms with E-state index in [-0.39, 0.29) is 12.0 Å². The molecule has 1 fully saturated rings. The first kappa shape index (κ1) is 17.1. The number of anilines is 2. The van der Waals surface area contributed by atoms with Crippen LogP contribution in [0.1, 0.15) is 28.8 Å². The van der Waals surface area contributed by atoms with Gasteiger partial charge in [-0.15, -0.1) is 0 Å². The molecule has 1 saturated heterocycles. The Morgan fingerprint density at radius 3 is 2.80 bits per heavy atom. The molecule has 1 aliphatic rings. The average molecular weight is 354 g/mol. The number of piperidine rings is 1. The average Bonchev–Trinajstić information content (AvgIpc) is 2.62. The summed E-state index contributed by atoms with van der Waals surface area (Å²) in [6, 6.07) is 10.8. The lowest BCUT2D eigenvalue weighted by Gasteiger charge is -2.32. The summed E-state index contributed by atoms with van der Waals surface area (Å²) < 4.78 is 0.365. The lowest BCUT2D eigenvalue weighted by molar-refractivity contribution is 0.102. The van der Waals surface area contributed by atoms with Gasteiger partial charge in [0, 0.05) is 25.0 Å². The molecule has 7 heteroatoms. The van der Waals surface area contributed by atoms with Crippen LogP contribution in [0.5, 0.6) is 0 Å². The van der Waals surface area contributed by atoms with Crippen molar-refractivity contribution in [3.05, 3.63) is 52.3 Å². The van der Waals surface area contributed by atoms with Crippen molar-refractivity contribution in [3.8, 4) is 6.07 Å². The molecule has 0 radical (unpaired) electrons. The molecule has 0 atom stereocenters. The van der Waals surface area contributed by atoms with Crippen molar-refractivity contribution < 1.29 is 9.90 Å². The second kappa shape index (κ2) is 7.47. The maximum absolute atomic E-state index is 12.3. The van der Waals surface area contributed by atoms with E-state index in [4.69, 9.17) is 12.2 Å². The molecule has 3 rings (SSSR count). The highest BCUT2D eigenvalue weighted by Crippen LogP contribution is 2.27. The number of amides is 1. The van der Waals surface area contributed by atoms with Gasteiger partial charge >= 0.3 is 0 Å². The number of aromatic nitrogens is 1. The van der Waals surface area contributed by atoms with Crippen LogP contribution >= 0.6 is 12.2 Å². The third kappa shape index (κ3) is 3.87. The number of nitrogens with zero attached hydrogens (tertiary/aromatic N) is 2. The van der Waals surface area contributed by atoms with E-state index in [0.717, 1.165) is 5.69 Å². The minimum Gasteiger partial charge on any atom is -0.393 e. The number of aromatic amines is 1. The fourth-order valence-corrected chi connectivity index (χ4v) is 3.11. The molecule has 1 aromatic heterocycles. The van der Waals surface area contributed by atoms with E-state index < -0.39 is 0 Å². The SMILES string of the molecule is N#Cc1cc(NC(=O)c2ccc[nH]c2=S)ccc1N1CCC(O)CC1. The van der Waals surface area contributed by atoms with Gasteiger partial charge in [-0.25, -0.2) is 0 Å². The summed E-state index contributed by atoms with van der Waals surface area (Å²) in [7, 11) is 0. The summed E-state index contributed by atoms with van der Waals surface area (Å²) in [5, 5.41) is 21.9. The molecule has 1 aromatic carbocycles. The number of rotatable bonds is 3. The van der Waals surface area contributed by atoms with Gasteiger partial charge in [0.1, 0.15) is 10.7 Å².